The smallest absolute Gasteiger partial charge is 0.309 e. The Hall–Kier alpha value is -0.610. The highest BCUT2D eigenvalue weighted by Crippen LogP contribution is 2.02. The van der Waals surface area contributed by atoms with E-state index in [0.717, 1.165) is 26.1 Å². The Morgan fingerprint density at radius 2 is 1.89 bits per heavy atom. The first-order chi connectivity index (χ1) is 8.54. The third-order valence-electron chi connectivity index (χ3n) is 3.38. The molecule has 0 rings (SSSR count). The third-order valence-corrected chi connectivity index (χ3v) is 3.38. The van der Waals surface area contributed by atoms with E-state index < -0.39 is 0 Å². The molecule has 0 bridgehead atoms. The van der Waals surface area contributed by atoms with Crippen LogP contribution in [0.4, 0.5) is 0 Å². The van der Waals surface area contributed by atoms with E-state index in [1.165, 1.54) is 13.5 Å². The summed E-state index contributed by atoms with van der Waals surface area (Å²) in [5, 5.41) is 3.39. The van der Waals surface area contributed by atoms with Crippen molar-refractivity contribution in [1.29, 1.82) is 0 Å². The molecule has 2 atom stereocenters. The van der Waals surface area contributed by atoms with Crippen LogP contribution < -0.4 is 5.32 Å². The molecule has 0 aliphatic carbocycles. The van der Waals surface area contributed by atoms with Crippen LogP contribution in [0.15, 0.2) is 0 Å². The van der Waals surface area contributed by atoms with Gasteiger partial charge in [0.15, 0.2) is 0 Å². The fourth-order valence-corrected chi connectivity index (χ4v) is 1.93. The highest BCUT2D eigenvalue weighted by atomic mass is 16.5. The zero-order chi connectivity index (χ0) is 14.0. The molecular formula is C14H30N2O2. The molecule has 0 amide bonds. The predicted molar refractivity (Wildman–Crippen MR) is 75.7 cm³/mol. The van der Waals surface area contributed by atoms with E-state index in [0.29, 0.717) is 12.6 Å². The molecule has 18 heavy (non-hydrogen) atoms. The van der Waals surface area contributed by atoms with Crippen molar-refractivity contribution >= 4 is 5.97 Å². The number of hydrogen-bond acceptors (Lipinski definition) is 4. The van der Waals surface area contributed by atoms with Crippen molar-refractivity contribution < 1.29 is 9.53 Å². The maximum Gasteiger partial charge on any atom is 0.309 e. The molecule has 0 aromatic heterocycles. The lowest BCUT2D eigenvalue weighted by molar-refractivity contribution is -0.144. The van der Waals surface area contributed by atoms with Gasteiger partial charge in [0.2, 0.25) is 0 Å². The van der Waals surface area contributed by atoms with E-state index >= 15 is 0 Å². The topological polar surface area (TPSA) is 41.6 Å². The normalized spacial score (nSPS) is 14.6. The maximum absolute atomic E-state index is 11.2. The number of rotatable bonds is 10. The van der Waals surface area contributed by atoms with Crippen LogP contribution in [0.5, 0.6) is 0 Å². The second kappa shape index (κ2) is 10.3. The first kappa shape index (κ1) is 17.4. The molecule has 4 heteroatoms. The second-order valence-corrected chi connectivity index (χ2v) is 4.90. The third kappa shape index (κ3) is 7.67. The fourth-order valence-electron chi connectivity index (χ4n) is 1.93. The zero-order valence-electron chi connectivity index (χ0n) is 12.7. The van der Waals surface area contributed by atoms with Crippen molar-refractivity contribution in [3.8, 4) is 0 Å². The molecule has 0 heterocycles. The van der Waals surface area contributed by atoms with Gasteiger partial charge in [-0.25, -0.2) is 0 Å². The lowest BCUT2D eigenvalue weighted by atomic mass is 10.1. The SMILES string of the molecule is CCN(CC)CCC[C@@H](C)NC[C@@H](C)C(=O)OC. The highest BCUT2D eigenvalue weighted by Gasteiger charge is 2.13. The minimum atomic E-state index is -0.141. The van der Waals surface area contributed by atoms with Gasteiger partial charge in [0.1, 0.15) is 0 Å². The Bertz CT molecular complexity index is 218. The lowest BCUT2D eigenvalue weighted by Gasteiger charge is -2.20. The Balaban J connectivity index is 3.65. The molecule has 0 spiro atoms. The predicted octanol–water partition coefficient (Wildman–Crippen LogP) is 1.90. The molecule has 0 saturated heterocycles. The standard InChI is InChI=1S/C14H30N2O2/c1-6-16(7-2)10-8-9-13(4)15-11-12(3)14(17)18-5/h12-13,15H,6-11H2,1-5H3/t12-,13-/m1/s1. The van der Waals surface area contributed by atoms with E-state index in [1.807, 2.05) is 6.92 Å². The highest BCUT2D eigenvalue weighted by molar-refractivity contribution is 5.72. The van der Waals surface area contributed by atoms with Crippen molar-refractivity contribution in [3.63, 3.8) is 0 Å². The molecule has 0 radical (unpaired) electrons. The van der Waals surface area contributed by atoms with Gasteiger partial charge in [-0.05, 0) is 39.4 Å². The van der Waals surface area contributed by atoms with Crippen LogP contribution in [-0.2, 0) is 9.53 Å². The van der Waals surface area contributed by atoms with E-state index in [9.17, 15) is 4.79 Å². The van der Waals surface area contributed by atoms with Crippen LogP contribution in [0.25, 0.3) is 0 Å². The molecular weight excluding hydrogens is 228 g/mol. The number of hydrogen-bond donors (Lipinski definition) is 1. The summed E-state index contributed by atoms with van der Waals surface area (Å²) in [7, 11) is 1.44. The number of carbonyl (C=O) groups is 1. The Kier molecular flexibility index (Phi) is 9.98. The maximum atomic E-state index is 11.2. The van der Waals surface area contributed by atoms with Crippen molar-refractivity contribution in [2.75, 3.05) is 33.3 Å². The van der Waals surface area contributed by atoms with Gasteiger partial charge in [0.25, 0.3) is 0 Å². The lowest BCUT2D eigenvalue weighted by Crippen LogP contribution is -2.34. The number of esters is 1. The number of nitrogens with zero attached hydrogens (tertiary/aromatic N) is 1. The summed E-state index contributed by atoms with van der Waals surface area (Å²) in [5.74, 6) is -0.210. The van der Waals surface area contributed by atoms with Crippen molar-refractivity contribution in [2.45, 2.75) is 46.6 Å². The van der Waals surface area contributed by atoms with Crippen LogP contribution in [0.1, 0.15) is 40.5 Å². The summed E-state index contributed by atoms with van der Waals surface area (Å²) < 4.78 is 4.70. The molecule has 1 N–H and O–H groups in total. The largest absolute Gasteiger partial charge is 0.469 e. The molecule has 0 aliphatic rings. The van der Waals surface area contributed by atoms with E-state index in [1.54, 1.807) is 0 Å². The van der Waals surface area contributed by atoms with Gasteiger partial charge in [0, 0.05) is 12.6 Å². The molecule has 0 aliphatic heterocycles. The average Bonchev–Trinajstić information content (AvgIpc) is 2.39. The summed E-state index contributed by atoms with van der Waals surface area (Å²) in [6.45, 7) is 12.6. The van der Waals surface area contributed by atoms with Crippen LogP contribution >= 0.6 is 0 Å². The first-order valence-electron chi connectivity index (χ1n) is 7.08. The summed E-state index contributed by atoms with van der Waals surface area (Å²) in [5.41, 5.74) is 0. The fraction of sp³-hybridized carbons (Fsp3) is 0.929. The number of ether oxygens (including phenoxy) is 1. The molecule has 0 unspecified atom stereocenters. The summed E-state index contributed by atoms with van der Waals surface area (Å²) in [4.78, 5) is 13.7. The molecule has 0 saturated carbocycles. The first-order valence-corrected chi connectivity index (χ1v) is 7.08. The van der Waals surface area contributed by atoms with E-state index in [2.05, 4.69) is 31.0 Å². The van der Waals surface area contributed by atoms with E-state index in [-0.39, 0.29) is 11.9 Å². The Morgan fingerprint density at radius 3 is 2.39 bits per heavy atom. The zero-order valence-corrected chi connectivity index (χ0v) is 12.7. The number of carbonyl (C=O) groups excluding carboxylic acids is 1. The van der Waals surface area contributed by atoms with Crippen LogP contribution in [0.3, 0.4) is 0 Å². The van der Waals surface area contributed by atoms with Gasteiger partial charge < -0.3 is 15.0 Å². The van der Waals surface area contributed by atoms with Crippen LogP contribution in [0.2, 0.25) is 0 Å². The van der Waals surface area contributed by atoms with Gasteiger partial charge in [-0.3, -0.25) is 4.79 Å². The summed E-state index contributed by atoms with van der Waals surface area (Å²) in [6.07, 6.45) is 2.34. The molecule has 108 valence electrons. The molecule has 0 aromatic carbocycles. The summed E-state index contributed by atoms with van der Waals surface area (Å²) in [6, 6.07) is 0.452. The quantitative estimate of drug-likeness (QED) is 0.608. The van der Waals surface area contributed by atoms with Crippen molar-refractivity contribution in [3.05, 3.63) is 0 Å². The minimum Gasteiger partial charge on any atom is -0.469 e. The van der Waals surface area contributed by atoms with Crippen molar-refractivity contribution in [2.24, 2.45) is 5.92 Å². The number of nitrogens with one attached hydrogen (secondary N) is 1. The van der Waals surface area contributed by atoms with Crippen LogP contribution in [0, 0.1) is 5.92 Å². The molecule has 4 nitrogen and oxygen atoms in total. The van der Waals surface area contributed by atoms with Crippen molar-refractivity contribution in [1.82, 2.24) is 10.2 Å². The summed E-state index contributed by atoms with van der Waals surface area (Å²) >= 11 is 0. The number of methoxy groups -OCH3 is 1. The van der Waals surface area contributed by atoms with Gasteiger partial charge >= 0.3 is 5.97 Å². The Morgan fingerprint density at radius 1 is 1.28 bits per heavy atom. The van der Waals surface area contributed by atoms with Gasteiger partial charge in [-0.15, -0.1) is 0 Å². The van der Waals surface area contributed by atoms with Gasteiger partial charge in [-0.1, -0.05) is 20.8 Å². The van der Waals surface area contributed by atoms with E-state index in [4.69, 9.17) is 4.74 Å². The van der Waals surface area contributed by atoms with Crippen LogP contribution in [-0.4, -0.2) is 50.2 Å². The minimum absolute atomic E-state index is 0.0692. The molecule has 0 aromatic rings. The Labute approximate surface area is 112 Å². The van der Waals surface area contributed by atoms with Gasteiger partial charge in [-0.2, -0.15) is 0 Å². The van der Waals surface area contributed by atoms with Gasteiger partial charge in [0.05, 0.1) is 13.0 Å². The average molecular weight is 258 g/mol. The molecule has 0 fully saturated rings. The second-order valence-electron chi connectivity index (χ2n) is 4.90. The monoisotopic (exact) mass is 258 g/mol.